The van der Waals surface area contributed by atoms with Crippen LogP contribution in [0.4, 0.5) is 0 Å². The van der Waals surface area contributed by atoms with Gasteiger partial charge in [0.15, 0.2) is 0 Å². The number of aryl methyl sites for hydroxylation is 2. The minimum atomic E-state index is 0.371. The zero-order valence-electron chi connectivity index (χ0n) is 12.0. The van der Waals surface area contributed by atoms with Gasteiger partial charge in [-0.25, -0.2) is 0 Å². The van der Waals surface area contributed by atoms with Crippen LogP contribution < -0.4 is 5.32 Å². The summed E-state index contributed by atoms with van der Waals surface area (Å²) in [7, 11) is 0. The maximum absolute atomic E-state index is 3.65. The second kappa shape index (κ2) is 7.21. The van der Waals surface area contributed by atoms with Crippen LogP contribution in [0.1, 0.15) is 34.5 Å². The molecule has 108 valence electrons. The van der Waals surface area contributed by atoms with E-state index in [1.54, 1.807) is 0 Å². The molecule has 0 aliphatic carbocycles. The Kier molecular flexibility index (Phi) is 5.84. The number of benzene rings is 1. The molecule has 0 saturated carbocycles. The number of likely N-dealkylation sites (N-methyl/N-ethyl adjacent to an activating group) is 1. The van der Waals surface area contributed by atoms with Crippen molar-refractivity contribution >= 4 is 43.2 Å². The van der Waals surface area contributed by atoms with Gasteiger partial charge in [0.05, 0.1) is 0 Å². The number of thiophene rings is 1. The van der Waals surface area contributed by atoms with E-state index in [9.17, 15) is 0 Å². The summed E-state index contributed by atoms with van der Waals surface area (Å²) in [5, 5.41) is 5.76. The van der Waals surface area contributed by atoms with Gasteiger partial charge in [0.1, 0.15) is 0 Å². The molecule has 0 spiro atoms. The summed E-state index contributed by atoms with van der Waals surface area (Å²) in [6.45, 7) is 7.46. The molecule has 0 radical (unpaired) electrons. The molecule has 0 aliphatic rings. The molecule has 20 heavy (non-hydrogen) atoms. The molecular formula is C16H19Br2NS. The zero-order chi connectivity index (χ0) is 14.7. The Bertz CT molecular complexity index is 569. The van der Waals surface area contributed by atoms with E-state index in [0.717, 1.165) is 13.0 Å². The third kappa shape index (κ3) is 3.94. The molecule has 1 N–H and O–H groups in total. The molecular weight excluding hydrogens is 398 g/mol. The van der Waals surface area contributed by atoms with Crippen LogP contribution in [0.25, 0.3) is 0 Å². The highest BCUT2D eigenvalue weighted by atomic mass is 79.9. The van der Waals surface area contributed by atoms with Crippen molar-refractivity contribution in [2.75, 3.05) is 6.54 Å². The Morgan fingerprint density at radius 2 is 1.80 bits per heavy atom. The van der Waals surface area contributed by atoms with Crippen LogP contribution in [-0.2, 0) is 6.42 Å². The van der Waals surface area contributed by atoms with Crippen LogP contribution in [-0.4, -0.2) is 6.54 Å². The van der Waals surface area contributed by atoms with E-state index in [4.69, 9.17) is 0 Å². The molecule has 2 aromatic rings. The van der Waals surface area contributed by atoms with Gasteiger partial charge in [-0.15, -0.1) is 11.3 Å². The van der Waals surface area contributed by atoms with Crippen LogP contribution in [0.15, 0.2) is 32.5 Å². The van der Waals surface area contributed by atoms with Crippen molar-refractivity contribution in [1.82, 2.24) is 5.32 Å². The first kappa shape index (κ1) is 16.2. The first-order valence-corrected chi connectivity index (χ1v) is 9.20. The topological polar surface area (TPSA) is 12.0 Å². The van der Waals surface area contributed by atoms with Crippen molar-refractivity contribution in [1.29, 1.82) is 0 Å². The highest BCUT2D eigenvalue weighted by molar-refractivity contribution is 9.10. The summed E-state index contributed by atoms with van der Waals surface area (Å²) in [5.41, 5.74) is 3.97. The Labute approximate surface area is 142 Å². The van der Waals surface area contributed by atoms with E-state index in [0.29, 0.717) is 6.04 Å². The van der Waals surface area contributed by atoms with Crippen LogP contribution in [0.3, 0.4) is 0 Å². The summed E-state index contributed by atoms with van der Waals surface area (Å²) < 4.78 is 2.39. The molecule has 0 bridgehead atoms. The SMILES string of the molecule is CCNC(Cc1cc(Br)cs1)c1cc(C)c(Br)c(C)c1. The zero-order valence-corrected chi connectivity index (χ0v) is 16.0. The predicted molar refractivity (Wildman–Crippen MR) is 95.8 cm³/mol. The van der Waals surface area contributed by atoms with Gasteiger partial charge in [0.2, 0.25) is 0 Å². The summed E-state index contributed by atoms with van der Waals surface area (Å²) in [6.07, 6.45) is 1.03. The molecule has 2 rings (SSSR count). The fourth-order valence-electron chi connectivity index (χ4n) is 2.40. The van der Waals surface area contributed by atoms with E-state index >= 15 is 0 Å². The third-order valence-electron chi connectivity index (χ3n) is 3.34. The number of rotatable bonds is 5. The molecule has 0 fully saturated rings. The van der Waals surface area contributed by atoms with Crippen LogP contribution in [0.5, 0.6) is 0 Å². The number of halogens is 2. The first-order valence-electron chi connectivity index (χ1n) is 6.74. The maximum Gasteiger partial charge on any atom is 0.0368 e. The van der Waals surface area contributed by atoms with Gasteiger partial charge in [-0.1, -0.05) is 35.0 Å². The smallest absolute Gasteiger partial charge is 0.0368 e. The largest absolute Gasteiger partial charge is 0.310 e. The lowest BCUT2D eigenvalue weighted by Gasteiger charge is -2.19. The lowest BCUT2D eigenvalue weighted by molar-refractivity contribution is 0.552. The van der Waals surface area contributed by atoms with Crippen LogP contribution in [0, 0.1) is 13.8 Å². The van der Waals surface area contributed by atoms with Gasteiger partial charge >= 0.3 is 0 Å². The molecule has 1 aromatic carbocycles. The summed E-state index contributed by atoms with van der Waals surface area (Å²) >= 11 is 8.99. The summed E-state index contributed by atoms with van der Waals surface area (Å²) in [4.78, 5) is 1.40. The van der Waals surface area contributed by atoms with Gasteiger partial charge in [0.25, 0.3) is 0 Å². The fraction of sp³-hybridized carbons (Fsp3) is 0.375. The monoisotopic (exact) mass is 415 g/mol. The number of nitrogens with one attached hydrogen (secondary N) is 1. The van der Waals surface area contributed by atoms with Crippen molar-refractivity contribution in [2.45, 2.75) is 33.2 Å². The Hall–Kier alpha value is -0.160. The van der Waals surface area contributed by atoms with Crippen molar-refractivity contribution in [3.8, 4) is 0 Å². The normalized spacial score (nSPS) is 12.7. The molecule has 1 heterocycles. The fourth-order valence-corrected chi connectivity index (χ4v) is 4.12. The molecule has 4 heteroatoms. The van der Waals surface area contributed by atoms with Gasteiger partial charge < -0.3 is 5.32 Å². The van der Waals surface area contributed by atoms with Crippen molar-refractivity contribution in [3.05, 3.63) is 54.1 Å². The minimum Gasteiger partial charge on any atom is -0.310 e. The highest BCUT2D eigenvalue weighted by Crippen LogP contribution is 2.29. The molecule has 0 amide bonds. The van der Waals surface area contributed by atoms with Crippen molar-refractivity contribution in [3.63, 3.8) is 0 Å². The third-order valence-corrected chi connectivity index (χ3v) is 6.31. The van der Waals surface area contributed by atoms with E-state index in [1.165, 1.54) is 30.5 Å². The minimum absolute atomic E-state index is 0.371. The first-order chi connectivity index (χ1) is 9.51. The van der Waals surface area contributed by atoms with Crippen LogP contribution in [0.2, 0.25) is 0 Å². The lowest BCUT2D eigenvalue weighted by Crippen LogP contribution is -2.23. The number of hydrogen-bond acceptors (Lipinski definition) is 2. The van der Waals surface area contributed by atoms with Crippen molar-refractivity contribution < 1.29 is 0 Å². The standard InChI is InChI=1S/C16H19Br2NS/c1-4-19-15(8-14-7-13(17)9-20-14)12-5-10(2)16(18)11(3)6-12/h5-7,9,15,19H,4,8H2,1-3H3. The number of hydrogen-bond donors (Lipinski definition) is 1. The Morgan fingerprint density at radius 1 is 1.15 bits per heavy atom. The van der Waals surface area contributed by atoms with E-state index in [2.05, 4.69) is 81.5 Å². The second-order valence-corrected chi connectivity index (χ2v) is 7.72. The van der Waals surface area contributed by atoms with Gasteiger partial charge in [-0.3, -0.25) is 0 Å². The molecule has 1 unspecified atom stereocenters. The molecule has 1 nitrogen and oxygen atoms in total. The van der Waals surface area contributed by atoms with E-state index in [-0.39, 0.29) is 0 Å². The second-order valence-electron chi connectivity index (χ2n) is 5.01. The van der Waals surface area contributed by atoms with Gasteiger partial charge in [0, 0.05) is 31.7 Å². The summed E-state index contributed by atoms with van der Waals surface area (Å²) in [6, 6.07) is 7.16. The van der Waals surface area contributed by atoms with Gasteiger partial charge in [-0.2, -0.15) is 0 Å². The predicted octanol–water partition coefficient (Wildman–Crippen LogP) is 5.78. The Morgan fingerprint density at radius 3 is 2.30 bits per heavy atom. The summed E-state index contributed by atoms with van der Waals surface area (Å²) in [5.74, 6) is 0. The molecule has 0 saturated heterocycles. The average molecular weight is 417 g/mol. The highest BCUT2D eigenvalue weighted by Gasteiger charge is 2.14. The molecule has 1 aromatic heterocycles. The quantitative estimate of drug-likeness (QED) is 0.650. The maximum atomic E-state index is 3.65. The van der Waals surface area contributed by atoms with E-state index in [1.807, 2.05) is 11.3 Å². The molecule has 1 atom stereocenters. The average Bonchev–Trinajstić information content (AvgIpc) is 2.80. The molecule has 0 aliphatic heterocycles. The Balaban J connectivity index is 2.28. The van der Waals surface area contributed by atoms with Gasteiger partial charge in [-0.05, 0) is 59.1 Å². The van der Waals surface area contributed by atoms with Crippen molar-refractivity contribution in [2.24, 2.45) is 0 Å². The van der Waals surface area contributed by atoms with Crippen LogP contribution >= 0.6 is 43.2 Å². The lowest BCUT2D eigenvalue weighted by atomic mass is 9.98. The van der Waals surface area contributed by atoms with E-state index < -0.39 is 0 Å².